The summed E-state index contributed by atoms with van der Waals surface area (Å²) in [5.41, 5.74) is 1.58. The van der Waals surface area contributed by atoms with Crippen molar-refractivity contribution in [2.75, 3.05) is 19.6 Å². The lowest BCUT2D eigenvalue weighted by Crippen LogP contribution is -2.41. The Morgan fingerprint density at radius 3 is 2.66 bits per heavy atom. The Labute approximate surface area is 179 Å². The lowest BCUT2D eigenvalue weighted by atomic mass is 9.97. The molecular formula is C23H27BrN2O3. The number of likely N-dealkylation sites (tertiary alicyclic amines) is 1. The molecule has 2 aromatic heterocycles. The van der Waals surface area contributed by atoms with Gasteiger partial charge in [-0.2, -0.15) is 0 Å². The standard InChI is InChI=1S/C23H27BrN2O3/c1-14-8-10-26(11-9-14)19(21-6-4-15(2)28-21)13-25-23(27)22-16(3)18-12-17(24)5-7-20(18)29-22/h4-7,12,14,19H,8-11,13H2,1-3H3,(H,25,27). The Morgan fingerprint density at radius 2 is 1.97 bits per heavy atom. The Hall–Kier alpha value is -2.05. The molecule has 154 valence electrons. The van der Waals surface area contributed by atoms with Crippen LogP contribution >= 0.6 is 15.9 Å². The third-order valence-electron chi connectivity index (χ3n) is 5.91. The minimum absolute atomic E-state index is 0.0268. The van der Waals surface area contributed by atoms with Gasteiger partial charge in [0, 0.05) is 22.0 Å². The predicted octanol–water partition coefficient (Wildman–Crippen LogP) is 5.61. The number of nitrogens with one attached hydrogen (secondary N) is 1. The average Bonchev–Trinajstić information content (AvgIpc) is 3.27. The van der Waals surface area contributed by atoms with Gasteiger partial charge < -0.3 is 14.2 Å². The molecule has 1 fully saturated rings. The lowest BCUT2D eigenvalue weighted by molar-refractivity contribution is 0.0871. The first-order valence-corrected chi connectivity index (χ1v) is 11.0. The van der Waals surface area contributed by atoms with Gasteiger partial charge in [0.05, 0.1) is 6.04 Å². The van der Waals surface area contributed by atoms with Crippen molar-refractivity contribution in [3.05, 3.63) is 57.6 Å². The van der Waals surface area contributed by atoms with Crippen molar-refractivity contribution in [3.63, 3.8) is 0 Å². The largest absolute Gasteiger partial charge is 0.465 e. The molecule has 4 rings (SSSR count). The number of amides is 1. The van der Waals surface area contributed by atoms with E-state index in [-0.39, 0.29) is 11.9 Å². The minimum atomic E-state index is -0.187. The van der Waals surface area contributed by atoms with Crippen LogP contribution in [0.5, 0.6) is 0 Å². The summed E-state index contributed by atoms with van der Waals surface area (Å²) in [7, 11) is 0. The molecular weight excluding hydrogens is 432 g/mol. The van der Waals surface area contributed by atoms with E-state index in [4.69, 9.17) is 8.83 Å². The molecule has 5 nitrogen and oxygen atoms in total. The van der Waals surface area contributed by atoms with E-state index in [0.29, 0.717) is 12.3 Å². The van der Waals surface area contributed by atoms with Gasteiger partial charge in [0.1, 0.15) is 17.1 Å². The first kappa shape index (κ1) is 20.2. The molecule has 29 heavy (non-hydrogen) atoms. The molecule has 0 bridgehead atoms. The maximum atomic E-state index is 12.9. The van der Waals surface area contributed by atoms with Crippen LogP contribution in [-0.4, -0.2) is 30.4 Å². The van der Waals surface area contributed by atoms with Crippen molar-refractivity contribution in [1.29, 1.82) is 0 Å². The number of piperidine rings is 1. The van der Waals surface area contributed by atoms with Crippen LogP contribution in [0.1, 0.15) is 53.4 Å². The van der Waals surface area contributed by atoms with E-state index in [9.17, 15) is 4.79 Å². The number of carbonyl (C=O) groups excluding carboxylic acids is 1. The highest BCUT2D eigenvalue weighted by Gasteiger charge is 2.28. The normalized spacial score (nSPS) is 17.0. The van der Waals surface area contributed by atoms with Gasteiger partial charge in [-0.05, 0) is 76.0 Å². The minimum Gasteiger partial charge on any atom is -0.465 e. The van der Waals surface area contributed by atoms with Crippen LogP contribution in [0.2, 0.25) is 0 Å². The Bertz CT molecular complexity index is 1010. The third-order valence-corrected chi connectivity index (χ3v) is 6.40. The predicted molar refractivity (Wildman–Crippen MR) is 117 cm³/mol. The van der Waals surface area contributed by atoms with Crippen molar-refractivity contribution < 1.29 is 13.6 Å². The second-order valence-electron chi connectivity index (χ2n) is 8.09. The van der Waals surface area contributed by atoms with Crippen LogP contribution in [0.4, 0.5) is 0 Å². The zero-order chi connectivity index (χ0) is 20.5. The Balaban J connectivity index is 1.52. The van der Waals surface area contributed by atoms with Crippen LogP contribution < -0.4 is 5.32 Å². The highest BCUT2D eigenvalue weighted by molar-refractivity contribution is 9.10. The van der Waals surface area contributed by atoms with Gasteiger partial charge in [-0.3, -0.25) is 9.69 Å². The summed E-state index contributed by atoms with van der Waals surface area (Å²) < 4.78 is 12.7. The lowest BCUT2D eigenvalue weighted by Gasteiger charge is -2.35. The van der Waals surface area contributed by atoms with Crippen LogP contribution in [-0.2, 0) is 0 Å². The van der Waals surface area contributed by atoms with E-state index in [0.717, 1.165) is 51.5 Å². The molecule has 1 saturated heterocycles. The van der Waals surface area contributed by atoms with Gasteiger partial charge in [0.25, 0.3) is 5.91 Å². The molecule has 6 heteroatoms. The molecule has 1 amide bonds. The smallest absolute Gasteiger partial charge is 0.287 e. The summed E-state index contributed by atoms with van der Waals surface area (Å²) >= 11 is 3.48. The molecule has 3 aromatic rings. The Morgan fingerprint density at radius 1 is 1.21 bits per heavy atom. The van der Waals surface area contributed by atoms with Crippen molar-refractivity contribution in [2.24, 2.45) is 5.92 Å². The van der Waals surface area contributed by atoms with Crippen molar-refractivity contribution in [2.45, 2.75) is 39.7 Å². The fraction of sp³-hybridized carbons (Fsp3) is 0.435. The molecule has 1 aliphatic heterocycles. The maximum Gasteiger partial charge on any atom is 0.287 e. The molecule has 0 saturated carbocycles. The summed E-state index contributed by atoms with van der Waals surface area (Å²) in [5.74, 6) is 2.73. The van der Waals surface area contributed by atoms with Gasteiger partial charge in [-0.25, -0.2) is 0 Å². The molecule has 0 aliphatic carbocycles. The fourth-order valence-electron chi connectivity index (χ4n) is 4.06. The fourth-order valence-corrected chi connectivity index (χ4v) is 4.42. The summed E-state index contributed by atoms with van der Waals surface area (Å²) in [5, 5.41) is 4.04. The van der Waals surface area contributed by atoms with E-state index in [2.05, 4.69) is 33.1 Å². The van der Waals surface area contributed by atoms with Crippen molar-refractivity contribution in [3.8, 4) is 0 Å². The quantitative estimate of drug-likeness (QED) is 0.539. The zero-order valence-electron chi connectivity index (χ0n) is 17.1. The van der Waals surface area contributed by atoms with E-state index in [1.165, 1.54) is 12.8 Å². The van der Waals surface area contributed by atoms with Gasteiger partial charge in [0.15, 0.2) is 5.76 Å². The number of nitrogens with zero attached hydrogens (tertiary/aromatic N) is 1. The first-order valence-electron chi connectivity index (χ1n) is 10.2. The van der Waals surface area contributed by atoms with E-state index in [1.54, 1.807) is 0 Å². The topological polar surface area (TPSA) is 58.6 Å². The molecule has 1 aliphatic rings. The molecule has 1 aromatic carbocycles. The molecule has 3 heterocycles. The second-order valence-corrected chi connectivity index (χ2v) is 9.01. The molecule has 1 unspecified atom stereocenters. The maximum absolute atomic E-state index is 12.9. The number of hydrogen-bond acceptors (Lipinski definition) is 4. The zero-order valence-corrected chi connectivity index (χ0v) is 18.7. The van der Waals surface area contributed by atoms with Crippen molar-refractivity contribution in [1.82, 2.24) is 10.2 Å². The first-order chi connectivity index (χ1) is 13.9. The summed E-state index contributed by atoms with van der Waals surface area (Å²) in [6.45, 7) is 8.69. The molecule has 0 radical (unpaired) electrons. The number of benzene rings is 1. The van der Waals surface area contributed by atoms with Crippen LogP contribution in [0.15, 0.2) is 43.6 Å². The van der Waals surface area contributed by atoms with Gasteiger partial charge >= 0.3 is 0 Å². The third kappa shape index (κ3) is 4.28. The number of halogens is 1. The van der Waals surface area contributed by atoms with E-state index in [1.807, 2.05) is 44.2 Å². The van der Waals surface area contributed by atoms with E-state index < -0.39 is 0 Å². The number of aryl methyl sites for hydroxylation is 2. The molecule has 1 atom stereocenters. The molecule has 1 N–H and O–H groups in total. The number of furan rings is 2. The number of carbonyl (C=O) groups is 1. The average molecular weight is 459 g/mol. The summed E-state index contributed by atoms with van der Waals surface area (Å²) in [4.78, 5) is 15.3. The highest BCUT2D eigenvalue weighted by Crippen LogP contribution is 2.30. The van der Waals surface area contributed by atoms with Crippen molar-refractivity contribution >= 4 is 32.8 Å². The van der Waals surface area contributed by atoms with Crippen LogP contribution in [0.25, 0.3) is 11.0 Å². The summed E-state index contributed by atoms with van der Waals surface area (Å²) in [6, 6.07) is 9.81. The van der Waals surface area contributed by atoms with E-state index >= 15 is 0 Å². The SMILES string of the molecule is Cc1ccc(C(CNC(=O)c2oc3ccc(Br)cc3c2C)N2CCC(C)CC2)o1. The summed E-state index contributed by atoms with van der Waals surface area (Å²) in [6.07, 6.45) is 2.34. The second kappa shape index (κ2) is 8.36. The number of hydrogen-bond donors (Lipinski definition) is 1. The van der Waals surface area contributed by atoms with Gasteiger partial charge in [-0.15, -0.1) is 0 Å². The number of rotatable bonds is 5. The number of fused-ring (bicyclic) bond motifs is 1. The van der Waals surface area contributed by atoms with Gasteiger partial charge in [0.2, 0.25) is 0 Å². The highest BCUT2D eigenvalue weighted by atomic mass is 79.9. The molecule has 0 spiro atoms. The Kier molecular flexibility index (Phi) is 5.83. The van der Waals surface area contributed by atoms with Crippen LogP contribution in [0, 0.1) is 19.8 Å². The monoisotopic (exact) mass is 458 g/mol. The van der Waals surface area contributed by atoms with Crippen LogP contribution in [0.3, 0.4) is 0 Å². The van der Waals surface area contributed by atoms with Gasteiger partial charge in [-0.1, -0.05) is 22.9 Å².